The molecule has 342 valence electrons. The molecule has 0 radical (unpaired) electrons. The Morgan fingerprint density at radius 3 is 2.08 bits per heavy atom. The molecule has 2 aromatic carbocycles. The summed E-state index contributed by atoms with van der Waals surface area (Å²) in [6.07, 6.45) is -8.78. The summed E-state index contributed by atoms with van der Waals surface area (Å²) in [7, 11) is 0. The minimum atomic E-state index is -2.26. The van der Waals surface area contributed by atoms with Gasteiger partial charge in [0.25, 0.3) is 0 Å². The highest BCUT2D eigenvalue weighted by atomic mass is 16.7. The number of ether oxygens (including phenoxy) is 8. The van der Waals surface area contributed by atoms with E-state index in [1.165, 1.54) is 19.1 Å². The van der Waals surface area contributed by atoms with Crippen molar-refractivity contribution in [3.05, 3.63) is 82.9 Å². The highest BCUT2D eigenvalue weighted by Crippen LogP contribution is 2.65. The lowest BCUT2D eigenvalue weighted by Gasteiger charge is -2.68. The summed E-state index contributed by atoms with van der Waals surface area (Å²) in [5.74, 6) is -5.08. The van der Waals surface area contributed by atoms with Crippen molar-refractivity contribution in [1.82, 2.24) is 5.32 Å². The van der Waals surface area contributed by atoms with E-state index < -0.39 is 112 Å². The summed E-state index contributed by atoms with van der Waals surface area (Å²) in [6.45, 7) is 12.3. The predicted octanol–water partition coefficient (Wildman–Crippen LogP) is 3.91. The summed E-state index contributed by atoms with van der Waals surface area (Å²) in [6, 6.07) is 15.3. The van der Waals surface area contributed by atoms with Crippen molar-refractivity contribution in [3.63, 3.8) is 0 Å². The average Bonchev–Trinajstić information content (AvgIpc) is 3.23. The van der Waals surface area contributed by atoms with Crippen molar-refractivity contribution in [1.29, 1.82) is 0 Å². The Bertz CT molecular complexity index is 2100. The van der Waals surface area contributed by atoms with Crippen molar-refractivity contribution in [2.24, 2.45) is 22.2 Å². The second-order valence-corrected chi connectivity index (χ2v) is 19.0. The highest BCUT2D eigenvalue weighted by molar-refractivity contribution is 5.94. The van der Waals surface area contributed by atoms with Gasteiger partial charge in [-0.2, -0.15) is 0 Å². The zero-order valence-corrected chi connectivity index (χ0v) is 37.0. The number of nitrogens with one attached hydrogen (secondary N) is 1. The van der Waals surface area contributed by atoms with E-state index in [2.05, 4.69) is 5.32 Å². The van der Waals surface area contributed by atoms with Crippen molar-refractivity contribution in [2.45, 2.75) is 122 Å². The normalized spacial score (nSPS) is 33.8. The number of carbonyl (C=O) groups excluding carboxylic acids is 5. The van der Waals surface area contributed by atoms with Crippen LogP contribution in [0.2, 0.25) is 0 Å². The maximum atomic E-state index is 15.9. The number of aliphatic hydroxyl groups excluding tert-OH is 1. The van der Waals surface area contributed by atoms with Gasteiger partial charge in [-0.05, 0) is 42.7 Å². The number of benzene rings is 2. The van der Waals surface area contributed by atoms with E-state index in [0.29, 0.717) is 11.1 Å². The van der Waals surface area contributed by atoms with Gasteiger partial charge < -0.3 is 53.4 Å². The van der Waals surface area contributed by atoms with Crippen LogP contribution in [0.15, 0.2) is 71.8 Å². The van der Waals surface area contributed by atoms with Crippen LogP contribution in [0.5, 0.6) is 0 Å². The first-order valence-electron chi connectivity index (χ1n) is 21.4. The highest BCUT2D eigenvalue weighted by Gasteiger charge is 2.78. The zero-order chi connectivity index (χ0) is 45.7. The van der Waals surface area contributed by atoms with Crippen LogP contribution >= 0.6 is 0 Å². The molecule has 2 saturated carbocycles. The Kier molecular flexibility index (Phi) is 12.9. The van der Waals surface area contributed by atoms with Gasteiger partial charge in [0, 0.05) is 30.6 Å². The molecular formula is C47H59NO15. The Morgan fingerprint density at radius 1 is 0.873 bits per heavy atom. The molecule has 0 aromatic heterocycles. The van der Waals surface area contributed by atoms with Crippen molar-refractivity contribution >= 4 is 29.6 Å². The third-order valence-electron chi connectivity index (χ3n) is 13.9. The van der Waals surface area contributed by atoms with E-state index in [1.807, 2.05) is 0 Å². The molecule has 4 fully saturated rings. The fraction of sp³-hybridized carbons (Fsp3) is 0.596. The number of aliphatic hydroxyl groups is 2. The SMILES string of the molecule is CC(=O)O[C@@]12CO[C@@H]1C[C@@H]1OCOCCOCO[C@H]3C(=O)[C@@]1(C)C2[C@H](OC(=O)c1ccccc1)[C@]1(O)C[C@H](OC(=O)[C@H](O)[C@@H](NC(=O)C(C)(C)C)c2ccccc2)C(C)=C3C1(C)C. The lowest BCUT2D eigenvalue weighted by atomic mass is 9.44. The summed E-state index contributed by atoms with van der Waals surface area (Å²) >= 11 is 0. The van der Waals surface area contributed by atoms with E-state index in [-0.39, 0.29) is 51.0 Å². The smallest absolute Gasteiger partial charge is 0.338 e. The average molecular weight is 878 g/mol. The third-order valence-corrected chi connectivity index (χ3v) is 13.9. The van der Waals surface area contributed by atoms with Gasteiger partial charge >= 0.3 is 17.9 Å². The number of carbonyl (C=O) groups is 5. The molecule has 7 rings (SSSR count). The molecule has 2 aromatic rings. The first kappa shape index (κ1) is 46.4. The van der Waals surface area contributed by atoms with E-state index in [4.69, 9.17) is 37.9 Å². The Morgan fingerprint density at radius 2 is 1.49 bits per heavy atom. The molecule has 5 aliphatic rings. The number of esters is 3. The molecule has 16 nitrogen and oxygen atoms in total. The van der Waals surface area contributed by atoms with Crippen LogP contribution in [0.4, 0.5) is 0 Å². The van der Waals surface area contributed by atoms with Crippen LogP contribution in [-0.4, -0.2) is 121 Å². The largest absolute Gasteiger partial charge is 0.456 e. The molecule has 2 heterocycles. The summed E-state index contributed by atoms with van der Waals surface area (Å²) in [5.41, 5.74) is -6.97. The monoisotopic (exact) mass is 877 g/mol. The van der Waals surface area contributed by atoms with E-state index in [1.54, 1.807) is 97.0 Å². The summed E-state index contributed by atoms with van der Waals surface area (Å²) in [5, 5.41) is 28.5. The first-order valence-corrected chi connectivity index (χ1v) is 21.4. The van der Waals surface area contributed by atoms with Crippen LogP contribution < -0.4 is 5.32 Å². The molecule has 3 N–H and O–H groups in total. The zero-order valence-electron chi connectivity index (χ0n) is 37.0. The Balaban J connectivity index is 1.42. The second-order valence-electron chi connectivity index (χ2n) is 19.0. The van der Waals surface area contributed by atoms with Crippen LogP contribution in [0, 0.1) is 22.2 Å². The first-order chi connectivity index (χ1) is 29.7. The molecule has 16 heteroatoms. The summed E-state index contributed by atoms with van der Waals surface area (Å²) < 4.78 is 49.4. The fourth-order valence-corrected chi connectivity index (χ4v) is 10.3. The molecule has 2 saturated heterocycles. The lowest BCUT2D eigenvalue weighted by Crippen LogP contribution is -2.82. The maximum Gasteiger partial charge on any atom is 0.338 e. The van der Waals surface area contributed by atoms with Crippen molar-refractivity contribution in [3.8, 4) is 0 Å². The number of fused-ring (bicyclic) bond motifs is 6. The molecule has 1 amide bonds. The topological polar surface area (TPSA) is 212 Å². The second kappa shape index (κ2) is 17.4. The van der Waals surface area contributed by atoms with Gasteiger partial charge in [0.05, 0.1) is 48.9 Å². The lowest BCUT2D eigenvalue weighted by molar-refractivity contribution is -0.352. The fourth-order valence-electron chi connectivity index (χ4n) is 10.3. The van der Waals surface area contributed by atoms with Crippen LogP contribution in [0.25, 0.3) is 0 Å². The van der Waals surface area contributed by atoms with Gasteiger partial charge in [-0.3, -0.25) is 14.4 Å². The number of rotatable bonds is 8. The van der Waals surface area contributed by atoms with Crippen LogP contribution in [-0.2, 0) is 57.1 Å². The number of amides is 1. The maximum absolute atomic E-state index is 15.9. The van der Waals surface area contributed by atoms with E-state index in [0.717, 1.165) is 0 Å². The van der Waals surface area contributed by atoms with Gasteiger partial charge in [-0.1, -0.05) is 83.1 Å². The molecule has 2 aliphatic heterocycles. The standard InChI is InChI=1S/C47H59NO15/c1-26-30(61-41(53)35(50)34(28-15-11-9-12-16-28)48-42(54)43(3,4)5)22-47(55)39(62-40(52)29-17-13-10-14-18-29)37-45(8)31(21-32-46(37,23-58-32)63-27(2)49)59-24-56-19-20-57-25-60-36(38(45)51)33(26)44(47,6)7/h9-18,30-32,34-37,39,50,55H,19-25H2,1-8H3,(H,48,54)/t30-,31-,32+,34-,35+,36+,37?,39-,45+,46-,47+/m0/s1. The molecule has 3 aliphatic carbocycles. The van der Waals surface area contributed by atoms with Crippen molar-refractivity contribution < 1.29 is 72.1 Å². The van der Waals surface area contributed by atoms with Gasteiger partial charge in [-0.15, -0.1) is 0 Å². The molecule has 0 spiro atoms. The summed E-state index contributed by atoms with van der Waals surface area (Å²) in [4.78, 5) is 71.3. The predicted molar refractivity (Wildman–Crippen MR) is 221 cm³/mol. The number of ketones is 1. The molecule has 1 unspecified atom stereocenters. The van der Waals surface area contributed by atoms with Gasteiger partial charge in [0.1, 0.15) is 43.6 Å². The molecule has 11 atom stereocenters. The van der Waals surface area contributed by atoms with Crippen LogP contribution in [0.3, 0.4) is 0 Å². The van der Waals surface area contributed by atoms with Gasteiger partial charge in [-0.25, -0.2) is 9.59 Å². The Labute approximate surface area is 366 Å². The minimum Gasteiger partial charge on any atom is -0.456 e. The van der Waals surface area contributed by atoms with Gasteiger partial charge in [0.2, 0.25) is 5.91 Å². The number of hydrogen-bond acceptors (Lipinski definition) is 15. The number of hydrogen-bond donors (Lipinski definition) is 3. The quantitative estimate of drug-likeness (QED) is 0.195. The molecule has 4 bridgehead atoms. The third kappa shape index (κ3) is 8.12. The van der Waals surface area contributed by atoms with E-state index >= 15 is 4.79 Å². The van der Waals surface area contributed by atoms with Gasteiger partial charge in [0.15, 0.2) is 17.5 Å². The van der Waals surface area contributed by atoms with E-state index in [9.17, 15) is 29.4 Å². The minimum absolute atomic E-state index is 0.0598. The van der Waals surface area contributed by atoms with Crippen molar-refractivity contribution in [2.75, 3.05) is 33.4 Å². The van der Waals surface area contributed by atoms with Crippen LogP contribution in [0.1, 0.15) is 90.2 Å². The molecular weight excluding hydrogens is 819 g/mol. The number of Topliss-reactive ketones (excluding diaryl/α,β-unsaturated/α-hetero) is 1. The molecule has 63 heavy (non-hydrogen) atoms. The Hall–Kier alpha value is -4.55.